The number of esters is 1. The number of benzene rings is 1. The highest BCUT2D eigenvalue weighted by Gasteiger charge is 2.08. The fraction of sp³-hybridized carbons (Fsp3) is 0.533. The molecule has 1 aromatic carbocycles. The number of hydrogen-bond acceptors (Lipinski definition) is 3. The molecule has 1 rings (SSSR count). The third-order valence-corrected chi connectivity index (χ3v) is 2.70. The molecule has 0 N–H and O–H groups in total. The molecule has 0 saturated carbocycles. The van der Waals surface area contributed by atoms with Crippen molar-refractivity contribution in [3.8, 4) is 5.75 Å². The Morgan fingerprint density at radius 3 is 2.56 bits per heavy atom. The fourth-order valence-electron chi connectivity index (χ4n) is 1.68. The number of hydrogen-bond donors (Lipinski definition) is 0. The molecule has 0 aromatic heterocycles. The largest absolute Gasteiger partial charge is 0.493 e. The van der Waals surface area contributed by atoms with Crippen LogP contribution in [0.5, 0.6) is 5.75 Å². The van der Waals surface area contributed by atoms with Gasteiger partial charge in [-0.3, -0.25) is 4.79 Å². The Balaban J connectivity index is 2.79. The number of rotatable bonds is 6. The van der Waals surface area contributed by atoms with Gasteiger partial charge in [-0.1, -0.05) is 26.8 Å². The molecule has 100 valence electrons. The van der Waals surface area contributed by atoms with Crippen LogP contribution in [-0.4, -0.2) is 19.7 Å². The summed E-state index contributed by atoms with van der Waals surface area (Å²) in [6.45, 7) is 7.01. The first-order valence-electron chi connectivity index (χ1n) is 6.38. The lowest BCUT2D eigenvalue weighted by molar-refractivity contribution is -0.139. The van der Waals surface area contributed by atoms with E-state index in [1.165, 1.54) is 7.11 Å². The van der Waals surface area contributed by atoms with Crippen LogP contribution in [0.15, 0.2) is 18.2 Å². The predicted molar refractivity (Wildman–Crippen MR) is 71.9 cm³/mol. The third kappa shape index (κ3) is 4.40. The maximum Gasteiger partial charge on any atom is 0.309 e. The highest BCUT2D eigenvalue weighted by Crippen LogP contribution is 2.20. The molecule has 0 heterocycles. The molecule has 3 nitrogen and oxygen atoms in total. The third-order valence-electron chi connectivity index (χ3n) is 2.70. The Hall–Kier alpha value is -1.51. The molecule has 1 aromatic rings. The predicted octanol–water partition coefficient (Wildman–Crippen LogP) is 3.00. The average molecular weight is 250 g/mol. The molecule has 0 aliphatic carbocycles. The fourth-order valence-corrected chi connectivity index (χ4v) is 1.68. The zero-order valence-electron chi connectivity index (χ0n) is 11.7. The quantitative estimate of drug-likeness (QED) is 0.728. The van der Waals surface area contributed by atoms with Gasteiger partial charge in [0.05, 0.1) is 20.1 Å². The van der Waals surface area contributed by atoms with E-state index in [-0.39, 0.29) is 5.97 Å². The molecule has 18 heavy (non-hydrogen) atoms. The van der Waals surface area contributed by atoms with Crippen LogP contribution in [0.3, 0.4) is 0 Å². The van der Waals surface area contributed by atoms with E-state index in [1.54, 1.807) is 0 Å². The van der Waals surface area contributed by atoms with Crippen LogP contribution in [0.4, 0.5) is 0 Å². The van der Waals surface area contributed by atoms with Crippen LogP contribution >= 0.6 is 0 Å². The van der Waals surface area contributed by atoms with Crippen LogP contribution in [0.1, 0.15) is 31.9 Å². The van der Waals surface area contributed by atoms with Crippen molar-refractivity contribution >= 4 is 5.97 Å². The highest BCUT2D eigenvalue weighted by atomic mass is 16.5. The van der Waals surface area contributed by atoms with Gasteiger partial charge in [0.2, 0.25) is 0 Å². The van der Waals surface area contributed by atoms with Crippen molar-refractivity contribution in [3.05, 3.63) is 29.3 Å². The number of carbonyl (C=O) groups excluding carboxylic acids is 1. The zero-order chi connectivity index (χ0) is 13.5. The Morgan fingerprint density at radius 2 is 2.00 bits per heavy atom. The Kier molecular flexibility index (Phi) is 5.69. The molecule has 0 unspecified atom stereocenters. The lowest BCUT2D eigenvalue weighted by Crippen LogP contribution is -2.08. The molecule has 0 saturated heterocycles. The first-order valence-corrected chi connectivity index (χ1v) is 6.38. The normalized spacial score (nSPS) is 10.5. The molecular formula is C15H22O3. The van der Waals surface area contributed by atoms with Crippen molar-refractivity contribution in [2.75, 3.05) is 13.7 Å². The van der Waals surface area contributed by atoms with E-state index >= 15 is 0 Å². The van der Waals surface area contributed by atoms with E-state index in [9.17, 15) is 4.79 Å². The number of methoxy groups -OCH3 is 1. The summed E-state index contributed by atoms with van der Waals surface area (Å²) in [7, 11) is 1.41. The summed E-state index contributed by atoms with van der Waals surface area (Å²) in [6.07, 6.45) is 1.20. The van der Waals surface area contributed by atoms with Crippen molar-refractivity contribution in [2.45, 2.75) is 33.6 Å². The minimum Gasteiger partial charge on any atom is -0.493 e. The van der Waals surface area contributed by atoms with E-state index < -0.39 is 0 Å². The SMILES string of the molecule is CCc1cc(OCC(C)C)ccc1CC(=O)OC. The van der Waals surface area contributed by atoms with Gasteiger partial charge in [0.15, 0.2) is 0 Å². The van der Waals surface area contributed by atoms with Crippen molar-refractivity contribution in [3.63, 3.8) is 0 Å². The van der Waals surface area contributed by atoms with Crippen LogP contribution < -0.4 is 4.74 Å². The van der Waals surface area contributed by atoms with Crippen molar-refractivity contribution in [1.29, 1.82) is 0 Å². The van der Waals surface area contributed by atoms with Crippen molar-refractivity contribution in [1.82, 2.24) is 0 Å². The van der Waals surface area contributed by atoms with Crippen molar-refractivity contribution in [2.24, 2.45) is 5.92 Å². The topological polar surface area (TPSA) is 35.5 Å². The van der Waals surface area contributed by atoms with Crippen LogP contribution in [0.2, 0.25) is 0 Å². The Morgan fingerprint density at radius 1 is 1.28 bits per heavy atom. The summed E-state index contributed by atoms with van der Waals surface area (Å²) in [4.78, 5) is 11.3. The maximum absolute atomic E-state index is 11.3. The Bertz CT molecular complexity index is 397. The molecule has 0 spiro atoms. The van der Waals surface area contributed by atoms with Gasteiger partial charge in [-0.05, 0) is 35.6 Å². The van der Waals surface area contributed by atoms with Gasteiger partial charge in [0.1, 0.15) is 5.75 Å². The van der Waals surface area contributed by atoms with Crippen LogP contribution in [0, 0.1) is 5.92 Å². The van der Waals surface area contributed by atoms with Gasteiger partial charge in [0.25, 0.3) is 0 Å². The molecule has 3 heteroatoms. The van der Waals surface area contributed by atoms with Crippen molar-refractivity contribution < 1.29 is 14.3 Å². The number of carbonyl (C=O) groups is 1. The molecule has 0 amide bonds. The van der Waals surface area contributed by atoms with Gasteiger partial charge < -0.3 is 9.47 Å². The summed E-state index contributed by atoms with van der Waals surface area (Å²) in [5.74, 6) is 1.17. The maximum atomic E-state index is 11.3. The van der Waals surface area contributed by atoms with Gasteiger partial charge in [-0.15, -0.1) is 0 Å². The number of ether oxygens (including phenoxy) is 2. The monoisotopic (exact) mass is 250 g/mol. The molecule has 0 fully saturated rings. The second-order valence-corrected chi connectivity index (χ2v) is 4.74. The molecule has 0 aliphatic rings. The second-order valence-electron chi connectivity index (χ2n) is 4.74. The summed E-state index contributed by atoms with van der Waals surface area (Å²) in [5, 5.41) is 0. The number of aryl methyl sites for hydroxylation is 1. The summed E-state index contributed by atoms with van der Waals surface area (Å²) < 4.78 is 10.4. The lowest BCUT2D eigenvalue weighted by atomic mass is 10.0. The first kappa shape index (κ1) is 14.6. The van der Waals surface area contributed by atoms with E-state index in [1.807, 2.05) is 18.2 Å². The summed E-state index contributed by atoms with van der Waals surface area (Å²) in [6, 6.07) is 5.88. The van der Waals surface area contributed by atoms with Gasteiger partial charge >= 0.3 is 5.97 Å². The molecule has 0 aliphatic heterocycles. The second kappa shape index (κ2) is 7.04. The zero-order valence-corrected chi connectivity index (χ0v) is 11.7. The van der Waals surface area contributed by atoms with E-state index in [0.717, 1.165) is 23.3 Å². The Labute approximate surface area is 109 Å². The smallest absolute Gasteiger partial charge is 0.309 e. The molecule has 0 bridgehead atoms. The van der Waals surface area contributed by atoms with Gasteiger partial charge in [-0.2, -0.15) is 0 Å². The van der Waals surface area contributed by atoms with E-state index in [4.69, 9.17) is 9.47 Å². The average Bonchev–Trinajstić information content (AvgIpc) is 2.37. The molecular weight excluding hydrogens is 228 g/mol. The van der Waals surface area contributed by atoms with E-state index in [2.05, 4.69) is 20.8 Å². The minimum atomic E-state index is -0.208. The summed E-state index contributed by atoms with van der Waals surface area (Å²) in [5.41, 5.74) is 2.16. The first-order chi connectivity index (χ1) is 8.56. The lowest BCUT2D eigenvalue weighted by Gasteiger charge is -2.12. The minimum absolute atomic E-state index is 0.208. The summed E-state index contributed by atoms with van der Waals surface area (Å²) >= 11 is 0. The molecule has 0 atom stereocenters. The van der Waals surface area contributed by atoms with Gasteiger partial charge in [-0.25, -0.2) is 0 Å². The molecule has 0 radical (unpaired) electrons. The van der Waals surface area contributed by atoms with Crippen LogP contribution in [-0.2, 0) is 22.4 Å². The highest BCUT2D eigenvalue weighted by molar-refractivity contribution is 5.73. The van der Waals surface area contributed by atoms with Crippen LogP contribution in [0.25, 0.3) is 0 Å². The van der Waals surface area contributed by atoms with Gasteiger partial charge in [0, 0.05) is 0 Å². The van der Waals surface area contributed by atoms with E-state index in [0.29, 0.717) is 18.9 Å². The standard InChI is InChI=1S/C15H22O3/c1-5-12-8-14(18-10-11(2)3)7-6-13(12)9-15(16)17-4/h6-8,11H,5,9-10H2,1-4H3.